The van der Waals surface area contributed by atoms with Gasteiger partial charge in [0.2, 0.25) is 0 Å². The fourth-order valence-corrected chi connectivity index (χ4v) is 1.80. The number of rotatable bonds is 3. The highest BCUT2D eigenvalue weighted by atomic mass is 19.4. The van der Waals surface area contributed by atoms with Crippen LogP contribution in [0.25, 0.3) is 0 Å². The van der Waals surface area contributed by atoms with Crippen molar-refractivity contribution in [3.63, 3.8) is 0 Å². The number of halogens is 3. The first kappa shape index (κ1) is 13.7. The van der Waals surface area contributed by atoms with Gasteiger partial charge in [-0.3, -0.25) is 0 Å². The van der Waals surface area contributed by atoms with Crippen LogP contribution in [0, 0.1) is 0 Å². The van der Waals surface area contributed by atoms with E-state index < -0.39 is 17.8 Å². The number of benzene rings is 1. The molecule has 1 atom stereocenters. The van der Waals surface area contributed by atoms with Crippen LogP contribution in [0.4, 0.5) is 13.2 Å². The highest BCUT2D eigenvalue weighted by molar-refractivity contribution is 5.31. The van der Waals surface area contributed by atoms with E-state index in [1.54, 1.807) is 6.07 Å². The molecule has 0 saturated heterocycles. The molecule has 19 heavy (non-hydrogen) atoms. The largest absolute Gasteiger partial charge is 0.464 e. The third-order valence-corrected chi connectivity index (χ3v) is 2.93. The number of hydrogen-bond donors (Lipinski definition) is 1. The Morgan fingerprint density at radius 3 is 2.21 bits per heavy atom. The minimum Gasteiger partial charge on any atom is -0.464 e. The fourth-order valence-electron chi connectivity index (χ4n) is 1.80. The minimum atomic E-state index is -4.33. The molecule has 2 rings (SSSR count). The molecule has 1 unspecified atom stereocenters. The number of aryl methyl sites for hydroxylation is 1. The zero-order chi connectivity index (χ0) is 14.0. The molecule has 0 aliphatic heterocycles. The van der Waals surface area contributed by atoms with Crippen LogP contribution in [0.3, 0.4) is 0 Å². The summed E-state index contributed by atoms with van der Waals surface area (Å²) in [6.45, 7) is 1.95. The molecule has 1 aromatic heterocycles. The number of hydrogen-bond acceptors (Lipinski definition) is 2. The Morgan fingerprint density at radius 2 is 1.74 bits per heavy atom. The lowest BCUT2D eigenvalue weighted by Gasteiger charge is -2.11. The van der Waals surface area contributed by atoms with E-state index >= 15 is 0 Å². The summed E-state index contributed by atoms with van der Waals surface area (Å²) in [6.07, 6.45) is -3.58. The zero-order valence-electron chi connectivity index (χ0n) is 10.4. The summed E-state index contributed by atoms with van der Waals surface area (Å²) in [7, 11) is 0. The van der Waals surface area contributed by atoms with E-state index in [-0.39, 0.29) is 0 Å². The summed E-state index contributed by atoms with van der Waals surface area (Å²) >= 11 is 0. The molecule has 2 aromatic rings. The molecule has 1 aromatic carbocycles. The van der Waals surface area contributed by atoms with Crippen LogP contribution in [-0.4, -0.2) is 0 Å². The Labute approximate surface area is 109 Å². The van der Waals surface area contributed by atoms with E-state index in [9.17, 15) is 13.2 Å². The molecule has 0 aliphatic carbocycles. The van der Waals surface area contributed by atoms with Crippen LogP contribution in [0.2, 0.25) is 0 Å². The van der Waals surface area contributed by atoms with E-state index in [2.05, 4.69) is 0 Å². The Bertz CT molecular complexity index is 543. The molecule has 102 valence electrons. The lowest BCUT2D eigenvalue weighted by molar-refractivity contribution is -0.137. The van der Waals surface area contributed by atoms with Gasteiger partial charge in [0.15, 0.2) is 0 Å². The van der Waals surface area contributed by atoms with Crippen LogP contribution >= 0.6 is 0 Å². The van der Waals surface area contributed by atoms with Crippen LogP contribution in [0.15, 0.2) is 40.8 Å². The monoisotopic (exact) mass is 269 g/mol. The van der Waals surface area contributed by atoms with E-state index in [1.165, 1.54) is 12.1 Å². The maximum atomic E-state index is 12.4. The summed E-state index contributed by atoms with van der Waals surface area (Å²) in [5, 5.41) is 0. The number of alkyl halides is 3. The molecule has 0 bridgehead atoms. The number of nitrogens with two attached hydrogens (primary N) is 1. The molecule has 0 radical (unpaired) electrons. The molecule has 0 spiro atoms. The van der Waals surface area contributed by atoms with Crippen molar-refractivity contribution in [2.75, 3.05) is 0 Å². The smallest absolute Gasteiger partial charge is 0.416 e. The van der Waals surface area contributed by atoms with Gasteiger partial charge in [-0.05, 0) is 29.8 Å². The van der Waals surface area contributed by atoms with Gasteiger partial charge in [-0.15, -0.1) is 0 Å². The van der Waals surface area contributed by atoms with Gasteiger partial charge < -0.3 is 10.2 Å². The third kappa shape index (κ3) is 2.98. The number of furan rings is 1. The lowest BCUT2D eigenvalue weighted by atomic mass is 10.0. The summed E-state index contributed by atoms with van der Waals surface area (Å²) in [5.74, 6) is 1.36. The Kier molecular flexibility index (Phi) is 3.66. The van der Waals surface area contributed by atoms with Gasteiger partial charge in [-0.2, -0.15) is 13.2 Å². The lowest BCUT2D eigenvalue weighted by Crippen LogP contribution is -2.12. The van der Waals surface area contributed by atoms with Crippen molar-refractivity contribution in [1.82, 2.24) is 0 Å². The maximum absolute atomic E-state index is 12.4. The molecule has 0 saturated carbocycles. The molecule has 5 heteroatoms. The first-order valence-corrected chi connectivity index (χ1v) is 5.93. The minimum absolute atomic E-state index is 0.552. The second-order valence-corrected chi connectivity index (χ2v) is 4.26. The van der Waals surface area contributed by atoms with Crippen molar-refractivity contribution in [2.24, 2.45) is 5.73 Å². The normalized spacial score (nSPS) is 13.5. The van der Waals surface area contributed by atoms with Gasteiger partial charge in [0.1, 0.15) is 11.5 Å². The molecule has 0 aliphatic rings. The fraction of sp³-hybridized carbons (Fsp3) is 0.286. The van der Waals surface area contributed by atoms with Crippen LogP contribution in [-0.2, 0) is 12.6 Å². The molecule has 2 N–H and O–H groups in total. The highest BCUT2D eigenvalue weighted by Gasteiger charge is 2.30. The molecular weight excluding hydrogens is 255 g/mol. The Morgan fingerprint density at radius 1 is 1.11 bits per heavy atom. The first-order valence-electron chi connectivity index (χ1n) is 5.93. The van der Waals surface area contributed by atoms with E-state index in [1.807, 2.05) is 13.0 Å². The molecule has 0 amide bonds. The maximum Gasteiger partial charge on any atom is 0.416 e. The topological polar surface area (TPSA) is 39.2 Å². The van der Waals surface area contributed by atoms with Crippen molar-refractivity contribution in [3.05, 3.63) is 59.0 Å². The predicted molar refractivity (Wildman–Crippen MR) is 65.6 cm³/mol. The standard InChI is InChI=1S/C14H14F3NO/c1-2-11-7-8-12(19-11)13(18)9-3-5-10(6-4-9)14(15,16)17/h3-8,13H,2,18H2,1H3. The first-order chi connectivity index (χ1) is 8.91. The second kappa shape index (κ2) is 5.09. The van der Waals surface area contributed by atoms with Gasteiger partial charge in [-0.25, -0.2) is 0 Å². The predicted octanol–water partition coefficient (Wildman–Crippen LogP) is 3.91. The van der Waals surface area contributed by atoms with Gasteiger partial charge in [-0.1, -0.05) is 19.1 Å². The summed E-state index contributed by atoms with van der Waals surface area (Å²) < 4.78 is 42.8. The average Bonchev–Trinajstić information content (AvgIpc) is 2.86. The molecule has 0 fully saturated rings. The summed E-state index contributed by atoms with van der Waals surface area (Å²) in [4.78, 5) is 0. The second-order valence-electron chi connectivity index (χ2n) is 4.26. The van der Waals surface area contributed by atoms with Crippen molar-refractivity contribution in [1.29, 1.82) is 0 Å². The van der Waals surface area contributed by atoms with E-state index in [0.717, 1.165) is 24.3 Å². The summed E-state index contributed by atoms with van der Waals surface area (Å²) in [5.41, 5.74) is 5.87. The van der Waals surface area contributed by atoms with Gasteiger partial charge in [0, 0.05) is 6.42 Å². The van der Waals surface area contributed by atoms with E-state index in [0.29, 0.717) is 11.3 Å². The van der Waals surface area contributed by atoms with Crippen molar-refractivity contribution in [2.45, 2.75) is 25.6 Å². The van der Waals surface area contributed by atoms with Crippen molar-refractivity contribution >= 4 is 0 Å². The Hall–Kier alpha value is -1.75. The highest BCUT2D eigenvalue weighted by Crippen LogP contribution is 2.30. The third-order valence-electron chi connectivity index (χ3n) is 2.93. The van der Waals surface area contributed by atoms with Gasteiger partial charge in [0.25, 0.3) is 0 Å². The SMILES string of the molecule is CCc1ccc(C(N)c2ccc(C(F)(F)F)cc2)o1. The zero-order valence-corrected chi connectivity index (χ0v) is 10.4. The van der Waals surface area contributed by atoms with Crippen molar-refractivity contribution in [3.8, 4) is 0 Å². The van der Waals surface area contributed by atoms with Crippen LogP contribution in [0.5, 0.6) is 0 Å². The van der Waals surface area contributed by atoms with E-state index in [4.69, 9.17) is 10.2 Å². The van der Waals surface area contributed by atoms with Gasteiger partial charge in [0.05, 0.1) is 11.6 Å². The quantitative estimate of drug-likeness (QED) is 0.917. The van der Waals surface area contributed by atoms with Crippen LogP contribution < -0.4 is 5.73 Å². The summed E-state index contributed by atoms with van der Waals surface area (Å²) in [6, 6.07) is 7.82. The van der Waals surface area contributed by atoms with Crippen LogP contribution in [0.1, 0.15) is 35.6 Å². The average molecular weight is 269 g/mol. The van der Waals surface area contributed by atoms with Gasteiger partial charge >= 0.3 is 6.18 Å². The molecule has 1 heterocycles. The Balaban J connectivity index is 2.22. The molecular formula is C14H14F3NO. The molecule has 2 nitrogen and oxygen atoms in total. The van der Waals surface area contributed by atoms with Crippen molar-refractivity contribution < 1.29 is 17.6 Å².